The van der Waals surface area contributed by atoms with Crippen LogP contribution in [0.25, 0.3) is 0 Å². The fraction of sp³-hybridized carbons (Fsp3) is 0.500. The average molecular weight is 313 g/mol. The molecular formula is C18H23N3O2. The van der Waals surface area contributed by atoms with Crippen LogP contribution >= 0.6 is 0 Å². The van der Waals surface area contributed by atoms with Gasteiger partial charge in [-0.1, -0.05) is 12.1 Å². The Morgan fingerprint density at radius 1 is 1.35 bits per heavy atom. The Hall–Kier alpha value is -2.17. The van der Waals surface area contributed by atoms with E-state index in [4.69, 9.17) is 0 Å². The molecule has 5 nitrogen and oxygen atoms in total. The molecule has 1 spiro atoms. The number of carbonyl (C=O) groups is 2. The quantitative estimate of drug-likeness (QED) is 0.804. The standard InChI is InChI=1S/C18H23N3O2/c1-2-12-21-16(22)8-5-9-18(21)10-6-13-20(14-18)17(23)15-7-3-4-11-19-15/h2-4,7,11H,1,5-6,8-10,12-14H2. The number of likely N-dealkylation sites (tertiary alicyclic amines) is 2. The van der Waals surface area contributed by atoms with E-state index >= 15 is 0 Å². The number of rotatable bonds is 3. The van der Waals surface area contributed by atoms with E-state index in [-0.39, 0.29) is 17.4 Å². The molecule has 0 aliphatic carbocycles. The molecule has 0 saturated carbocycles. The zero-order chi connectivity index (χ0) is 16.3. The summed E-state index contributed by atoms with van der Waals surface area (Å²) in [4.78, 5) is 33.1. The van der Waals surface area contributed by atoms with Crippen LogP contribution < -0.4 is 0 Å². The molecule has 5 heteroatoms. The number of amides is 2. The molecule has 3 heterocycles. The third-order valence-corrected chi connectivity index (χ3v) is 4.94. The maximum Gasteiger partial charge on any atom is 0.272 e. The van der Waals surface area contributed by atoms with Gasteiger partial charge in [0.2, 0.25) is 5.91 Å². The second kappa shape index (κ2) is 6.52. The van der Waals surface area contributed by atoms with Gasteiger partial charge in [0.05, 0.1) is 5.54 Å². The van der Waals surface area contributed by atoms with E-state index in [0.29, 0.717) is 25.2 Å². The van der Waals surface area contributed by atoms with Crippen LogP contribution in [-0.4, -0.2) is 51.8 Å². The normalized spacial score (nSPS) is 24.8. The minimum absolute atomic E-state index is 0.0405. The van der Waals surface area contributed by atoms with Crippen LogP contribution in [0.5, 0.6) is 0 Å². The molecule has 0 bridgehead atoms. The minimum atomic E-state index is -0.230. The highest BCUT2D eigenvalue weighted by molar-refractivity contribution is 5.92. The number of hydrogen-bond donors (Lipinski definition) is 0. The van der Waals surface area contributed by atoms with Crippen LogP contribution in [0, 0.1) is 0 Å². The van der Waals surface area contributed by atoms with Crippen molar-refractivity contribution in [1.29, 1.82) is 0 Å². The summed E-state index contributed by atoms with van der Waals surface area (Å²) in [5.74, 6) is 0.143. The SMILES string of the molecule is C=CCN1C(=O)CCCC12CCCN(C(=O)c1ccccn1)C2. The number of pyridine rings is 1. The van der Waals surface area contributed by atoms with Gasteiger partial charge in [0.1, 0.15) is 5.69 Å². The van der Waals surface area contributed by atoms with Crippen LogP contribution in [-0.2, 0) is 4.79 Å². The van der Waals surface area contributed by atoms with Gasteiger partial charge in [0.25, 0.3) is 5.91 Å². The Kier molecular flexibility index (Phi) is 4.46. The fourth-order valence-electron chi connectivity index (χ4n) is 3.89. The molecule has 0 N–H and O–H groups in total. The third kappa shape index (κ3) is 3.00. The first kappa shape index (κ1) is 15.7. The number of hydrogen-bond acceptors (Lipinski definition) is 3. The van der Waals surface area contributed by atoms with E-state index in [1.807, 2.05) is 15.9 Å². The topological polar surface area (TPSA) is 53.5 Å². The predicted octanol–water partition coefficient (Wildman–Crippen LogP) is 2.25. The molecule has 0 radical (unpaired) electrons. The van der Waals surface area contributed by atoms with Gasteiger partial charge in [-0.2, -0.15) is 0 Å². The Morgan fingerprint density at radius 3 is 2.91 bits per heavy atom. The van der Waals surface area contributed by atoms with Crippen LogP contribution in [0.1, 0.15) is 42.6 Å². The molecule has 2 amide bonds. The lowest BCUT2D eigenvalue weighted by molar-refractivity contribution is -0.143. The zero-order valence-electron chi connectivity index (χ0n) is 13.4. The maximum atomic E-state index is 12.7. The second-order valence-corrected chi connectivity index (χ2v) is 6.42. The lowest BCUT2D eigenvalue weighted by Crippen LogP contribution is -2.63. The monoisotopic (exact) mass is 313 g/mol. The number of carbonyl (C=O) groups excluding carboxylic acids is 2. The highest BCUT2D eigenvalue weighted by atomic mass is 16.2. The van der Waals surface area contributed by atoms with Gasteiger partial charge in [0, 0.05) is 32.3 Å². The average Bonchev–Trinajstić information content (AvgIpc) is 2.59. The van der Waals surface area contributed by atoms with Crippen molar-refractivity contribution in [3.05, 3.63) is 42.7 Å². The summed E-state index contributed by atoms with van der Waals surface area (Å²) in [6.45, 7) is 5.67. The molecule has 3 rings (SSSR count). The summed E-state index contributed by atoms with van der Waals surface area (Å²) in [5.41, 5.74) is 0.244. The van der Waals surface area contributed by atoms with Gasteiger partial charge in [-0.15, -0.1) is 6.58 Å². The molecule has 1 unspecified atom stereocenters. The molecule has 1 aromatic rings. The Morgan fingerprint density at radius 2 is 2.17 bits per heavy atom. The summed E-state index contributed by atoms with van der Waals surface area (Å²) in [7, 11) is 0. The molecule has 1 atom stereocenters. The van der Waals surface area contributed by atoms with Crippen molar-refractivity contribution < 1.29 is 9.59 Å². The smallest absolute Gasteiger partial charge is 0.272 e. The van der Waals surface area contributed by atoms with Crippen LogP contribution in [0.2, 0.25) is 0 Å². The summed E-state index contributed by atoms with van der Waals surface area (Å²) in [5, 5.41) is 0. The van der Waals surface area contributed by atoms with E-state index in [1.165, 1.54) is 0 Å². The van der Waals surface area contributed by atoms with E-state index in [0.717, 1.165) is 32.2 Å². The van der Waals surface area contributed by atoms with Crippen molar-refractivity contribution in [3.8, 4) is 0 Å². The first-order chi connectivity index (χ1) is 11.2. The van der Waals surface area contributed by atoms with Crippen LogP contribution in [0.3, 0.4) is 0 Å². The highest BCUT2D eigenvalue weighted by Gasteiger charge is 2.45. The van der Waals surface area contributed by atoms with Gasteiger partial charge in [-0.3, -0.25) is 14.6 Å². The molecule has 23 heavy (non-hydrogen) atoms. The first-order valence-electron chi connectivity index (χ1n) is 8.28. The predicted molar refractivity (Wildman–Crippen MR) is 87.9 cm³/mol. The Labute approximate surface area is 137 Å². The largest absolute Gasteiger partial charge is 0.335 e. The van der Waals surface area contributed by atoms with E-state index in [9.17, 15) is 9.59 Å². The van der Waals surface area contributed by atoms with Crippen molar-refractivity contribution >= 4 is 11.8 Å². The van der Waals surface area contributed by atoms with Crippen molar-refractivity contribution in [1.82, 2.24) is 14.8 Å². The van der Waals surface area contributed by atoms with Crippen molar-refractivity contribution in [2.24, 2.45) is 0 Å². The molecule has 1 aromatic heterocycles. The molecule has 2 aliphatic rings. The molecular weight excluding hydrogens is 290 g/mol. The van der Waals surface area contributed by atoms with Crippen molar-refractivity contribution in [2.45, 2.75) is 37.6 Å². The van der Waals surface area contributed by atoms with E-state index < -0.39 is 0 Å². The number of piperidine rings is 2. The van der Waals surface area contributed by atoms with Gasteiger partial charge < -0.3 is 9.80 Å². The lowest BCUT2D eigenvalue weighted by Gasteiger charge is -2.51. The zero-order valence-corrected chi connectivity index (χ0v) is 13.4. The maximum absolute atomic E-state index is 12.7. The Balaban J connectivity index is 1.82. The lowest BCUT2D eigenvalue weighted by atomic mass is 9.79. The summed E-state index contributed by atoms with van der Waals surface area (Å²) in [6, 6.07) is 5.38. The van der Waals surface area contributed by atoms with Gasteiger partial charge in [0.15, 0.2) is 0 Å². The number of aromatic nitrogens is 1. The molecule has 0 aromatic carbocycles. The fourth-order valence-corrected chi connectivity index (χ4v) is 3.89. The minimum Gasteiger partial charge on any atom is -0.335 e. The summed E-state index contributed by atoms with van der Waals surface area (Å²) < 4.78 is 0. The van der Waals surface area contributed by atoms with E-state index in [2.05, 4.69) is 11.6 Å². The summed E-state index contributed by atoms with van der Waals surface area (Å²) >= 11 is 0. The van der Waals surface area contributed by atoms with E-state index in [1.54, 1.807) is 24.4 Å². The third-order valence-electron chi connectivity index (χ3n) is 4.94. The van der Waals surface area contributed by atoms with Crippen LogP contribution in [0.15, 0.2) is 37.1 Å². The van der Waals surface area contributed by atoms with Crippen molar-refractivity contribution in [2.75, 3.05) is 19.6 Å². The molecule has 2 aliphatic heterocycles. The summed E-state index contributed by atoms with van der Waals surface area (Å²) in [6.07, 6.45) is 7.75. The van der Waals surface area contributed by atoms with Gasteiger partial charge in [-0.25, -0.2) is 0 Å². The Bertz CT molecular complexity index is 598. The van der Waals surface area contributed by atoms with Crippen molar-refractivity contribution in [3.63, 3.8) is 0 Å². The first-order valence-corrected chi connectivity index (χ1v) is 8.28. The van der Waals surface area contributed by atoms with Gasteiger partial charge >= 0.3 is 0 Å². The number of nitrogens with zero attached hydrogens (tertiary/aromatic N) is 3. The molecule has 2 fully saturated rings. The highest BCUT2D eigenvalue weighted by Crippen LogP contribution is 2.37. The van der Waals surface area contributed by atoms with Crippen LogP contribution in [0.4, 0.5) is 0 Å². The molecule has 122 valence electrons. The van der Waals surface area contributed by atoms with Gasteiger partial charge in [-0.05, 0) is 37.8 Å². The second-order valence-electron chi connectivity index (χ2n) is 6.42. The molecule has 2 saturated heterocycles.